The lowest BCUT2D eigenvalue weighted by atomic mass is 10.2. The maximum absolute atomic E-state index is 13.3. The molecule has 0 unspecified atom stereocenters. The summed E-state index contributed by atoms with van der Waals surface area (Å²) in [4.78, 5) is 34.0. The highest BCUT2D eigenvalue weighted by Gasteiger charge is 2.21. The van der Waals surface area contributed by atoms with Crippen LogP contribution >= 0.6 is 11.3 Å². The molecule has 0 spiro atoms. The fourth-order valence-corrected chi connectivity index (χ4v) is 4.43. The van der Waals surface area contributed by atoms with Gasteiger partial charge in [0.25, 0.3) is 11.6 Å². The summed E-state index contributed by atoms with van der Waals surface area (Å²) in [6.45, 7) is 1.25. The minimum atomic E-state index is -0.463. The Labute approximate surface area is 198 Å². The van der Waals surface area contributed by atoms with Crippen LogP contribution in [0.2, 0.25) is 0 Å². The van der Waals surface area contributed by atoms with Gasteiger partial charge in [-0.15, -0.1) is 0 Å². The number of pyridine rings is 1. The van der Waals surface area contributed by atoms with Gasteiger partial charge in [-0.3, -0.25) is 24.8 Å². The number of amides is 1. The minimum Gasteiger partial charge on any atom is -0.486 e. The van der Waals surface area contributed by atoms with Crippen molar-refractivity contribution in [3.8, 4) is 11.5 Å². The van der Waals surface area contributed by atoms with Crippen LogP contribution in [0.3, 0.4) is 0 Å². The smallest absolute Gasteiger partial charge is 0.269 e. The number of aromatic nitrogens is 2. The summed E-state index contributed by atoms with van der Waals surface area (Å²) in [7, 11) is 0. The first-order valence-corrected chi connectivity index (χ1v) is 11.2. The molecule has 1 aliphatic heterocycles. The van der Waals surface area contributed by atoms with Crippen molar-refractivity contribution in [3.05, 3.63) is 88.2 Å². The zero-order valence-corrected chi connectivity index (χ0v) is 18.6. The summed E-state index contributed by atoms with van der Waals surface area (Å²) in [5.41, 5.74) is 2.23. The lowest BCUT2D eigenvalue weighted by Crippen LogP contribution is -2.28. The van der Waals surface area contributed by atoms with Gasteiger partial charge in [0.05, 0.1) is 21.7 Å². The molecule has 4 aromatic rings. The Morgan fingerprint density at radius 1 is 1.15 bits per heavy atom. The molecule has 1 aliphatic rings. The van der Waals surface area contributed by atoms with Crippen LogP contribution in [0.15, 0.2) is 67.0 Å². The minimum absolute atomic E-state index is 0.00758. The van der Waals surface area contributed by atoms with Crippen molar-refractivity contribution in [3.63, 3.8) is 0 Å². The normalized spacial score (nSPS) is 12.7. The molecule has 2 aromatic carbocycles. The van der Waals surface area contributed by atoms with Gasteiger partial charge in [0.2, 0.25) is 0 Å². The maximum atomic E-state index is 13.3. The number of non-ortho nitro benzene ring substituents is 1. The van der Waals surface area contributed by atoms with E-state index < -0.39 is 4.92 Å². The second kappa shape index (κ2) is 9.28. The van der Waals surface area contributed by atoms with Crippen molar-refractivity contribution in [2.75, 3.05) is 18.1 Å². The molecule has 0 fully saturated rings. The quantitative estimate of drug-likeness (QED) is 0.228. The number of rotatable bonds is 6. The van der Waals surface area contributed by atoms with E-state index in [-0.39, 0.29) is 18.1 Å². The van der Waals surface area contributed by atoms with Crippen molar-refractivity contribution in [2.45, 2.75) is 6.54 Å². The standard InChI is InChI=1S/C24H18N4O5S/c29-23(8-5-16-3-6-18(7-4-16)28(30)31)27(15-17-2-1-9-25-14-17)24-26-19-12-20-21(13-22(19)34-24)33-11-10-32-20/h1-9,12-14H,10-11,15H2/b8-5-. The van der Waals surface area contributed by atoms with E-state index in [1.807, 2.05) is 24.3 Å². The predicted molar refractivity (Wildman–Crippen MR) is 128 cm³/mol. The van der Waals surface area contributed by atoms with Crippen LogP contribution in [0.25, 0.3) is 16.3 Å². The Kier molecular flexibility index (Phi) is 5.88. The van der Waals surface area contributed by atoms with Crippen LogP contribution in [-0.2, 0) is 11.3 Å². The van der Waals surface area contributed by atoms with E-state index in [1.165, 1.54) is 29.5 Å². The van der Waals surface area contributed by atoms with E-state index in [0.717, 1.165) is 10.3 Å². The third-order valence-corrected chi connectivity index (χ3v) is 6.16. The van der Waals surface area contributed by atoms with Gasteiger partial charge in [0.15, 0.2) is 16.6 Å². The molecular formula is C24H18N4O5S. The lowest BCUT2D eigenvalue weighted by Gasteiger charge is -2.18. The van der Waals surface area contributed by atoms with Crippen molar-refractivity contribution in [2.24, 2.45) is 0 Å². The summed E-state index contributed by atoms with van der Waals surface area (Å²) >= 11 is 1.38. The largest absolute Gasteiger partial charge is 0.486 e. The third-order valence-electron chi connectivity index (χ3n) is 5.12. The first kappa shape index (κ1) is 21.5. The van der Waals surface area contributed by atoms with E-state index in [4.69, 9.17) is 9.47 Å². The highest BCUT2D eigenvalue weighted by molar-refractivity contribution is 7.22. The summed E-state index contributed by atoms with van der Waals surface area (Å²) in [6.07, 6.45) is 6.43. The van der Waals surface area contributed by atoms with Gasteiger partial charge in [0, 0.05) is 42.7 Å². The van der Waals surface area contributed by atoms with Gasteiger partial charge in [-0.05, 0) is 35.4 Å². The molecule has 0 aliphatic carbocycles. The number of thiazole rings is 1. The van der Waals surface area contributed by atoms with Crippen LogP contribution in [-0.4, -0.2) is 34.0 Å². The van der Waals surface area contributed by atoms with Crippen molar-refractivity contribution in [1.29, 1.82) is 0 Å². The Balaban J connectivity index is 1.46. The van der Waals surface area contributed by atoms with Gasteiger partial charge < -0.3 is 9.47 Å². The summed E-state index contributed by atoms with van der Waals surface area (Å²) in [5.74, 6) is 1.02. The van der Waals surface area contributed by atoms with Crippen LogP contribution < -0.4 is 14.4 Å². The molecule has 0 radical (unpaired) electrons. The average Bonchev–Trinajstić information content (AvgIpc) is 3.27. The monoisotopic (exact) mass is 474 g/mol. The van der Waals surface area contributed by atoms with Crippen LogP contribution in [0.5, 0.6) is 11.5 Å². The number of anilines is 1. The van der Waals surface area contributed by atoms with E-state index >= 15 is 0 Å². The topological polar surface area (TPSA) is 108 Å². The molecule has 5 rings (SSSR count). The molecule has 0 atom stereocenters. The van der Waals surface area contributed by atoms with Gasteiger partial charge in [-0.1, -0.05) is 17.4 Å². The number of nitro groups is 1. The van der Waals surface area contributed by atoms with E-state index in [9.17, 15) is 14.9 Å². The highest BCUT2D eigenvalue weighted by atomic mass is 32.1. The molecule has 34 heavy (non-hydrogen) atoms. The van der Waals surface area contributed by atoms with Crippen molar-refractivity contribution < 1.29 is 19.2 Å². The van der Waals surface area contributed by atoms with Crippen molar-refractivity contribution >= 4 is 44.4 Å². The molecule has 9 nitrogen and oxygen atoms in total. The van der Waals surface area contributed by atoms with Gasteiger partial charge >= 0.3 is 0 Å². The zero-order valence-electron chi connectivity index (χ0n) is 17.8. The second-order valence-corrected chi connectivity index (χ2v) is 8.44. The molecule has 0 saturated carbocycles. The number of ether oxygens (including phenoxy) is 2. The summed E-state index contributed by atoms with van der Waals surface area (Å²) < 4.78 is 12.2. The molecule has 2 aromatic heterocycles. The average molecular weight is 474 g/mol. The third kappa shape index (κ3) is 4.57. The molecule has 170 valence electrons. The second-order valence-electron chi connectivity index (χ2n) is 7.43. The van der Waals surface area contributed by atoms with Crippen LogP contribution in [0.4, 0.5) is 10.8 Å². The zero-order chi connectivity index (χ0) is 23.5. The Morgan fingerprint density at radius 2 is 1.91 bits per heavy atom. The first-order chi connectivity index (χ1) is 16.6. The van der Waals surface area contributed by atoms with E-state index in [2.05, 4.69) is 9.97 Å². The maximum Gasteiger partial charge on any atom is 0.269 e. The molecule has 3 heterocycles. The van der Waals surface area contributed by atoms with Gasteiger partial charge in [-0.25, -0.2) is 4.98 Å². The Morgan fingerprint density at radius 3 is 2.62 bits per heavy atom. The number of hydrogen-bond acceptors (Lipinski definition) is 8. The Hall–Kier alpha value is -4.31. The fourth-order valence-electron chi connectivity index (χ4n) is 3.45. The number of benzene rings is 2. The molecule has 0 saturated heterocycles. The molecular weight excluding hydrogens is 456 g/mol. The van der Waals surface area contributed by atoms with Crippen LogP contribution in [0.1, 0.15) is 11.1 Å². The van der Waals surface area contributed by atoms with E-state index in [0.29, 0.717) is 40.9 Å². The number of nitrogens with zero attached hydrogens (tertiary/aromatic N) is 4. The SMILES string of the molecule is O=C(/C=C\c1ccc([N+](=O)[O-])cc1)N(Cc1cccnc1)c1nc2cc3c(cc2s1)OCCO3. The number of hydrogen-bond donors (Lipinski definition) is 0. The van der Waals surface area contributed by atoms with Gasteiger partial charge in [0.1, 0.15) is 13.2 Å². The van der Waals surface area contributed by atoms with E-state index in [1.54, 1.807) is 35.5 Å². The molecule has 10 heteroatoms. The van der Waals surface area contributed by atoms with Crippen molar-refractivity contribution in [1.82, 2.24) is 9.97 Å². The molecule has 0 bridgehead atoms. The van der Waals surface area contributed by atoms with Gasteiger partial charge in [-0.2, -0.15) is 0 Å². The molecule has 1 amide bonds. The highest BCUT2D eigenvalue weighted by Crippen LogP contribution is 2.39. The lowest BCUT2D eigenvalue weighted by molar-refractivity contribution is -0.384. The first-order valence-electron chi connectivity index (χ1n) is 10.4. The van der Waals surface area contributed by atoms with Crippen LogP contribution in [0, 0.1) is 10.1 Å². The number of fused-ring (bicyclic) bond motifs is 2. The number of carbonyl (C=O) groups is 1. The summed E-state index contributed by atoms with van der Waals surface area (Å²) in [5, 5.41) is 11.4. The summed E-state index contributed by atoms with van der Waals surface area (Å²) in [6, 6.07) is 13.4. The Bertz CT molecular complexity index is 1340. The molecule has 0 N–H and O–H groups in total. The number of carbonyl (C=O) groups excluding carboxylic acids is 1. The number of nitro benzene ring substituents is 1. The predicted octanol–water partition coefficient (Wildman–Crippen LogP) is 4.62. The fraction of sp³-hybridized carbons (Fsp3) is 0.125.